The van der Waals surface area contributed by atoms with Crippen LogP contribution in [0, 0.1) is 0 Å². The van der Waals surface area contributed by atoms with Crippen molar-refractivity contribution < 1.29 is 0 Å². The number of nitrogens with zero attached hydrogens (tertiary/aromatic N) is 2. The van der Waals surface area contributed by atoms with Crippen LogP contribution in [0.2, 0.25) is 0 Å². The molecule has 0 aliphatic rings. The molecule has 0 atom stereocenters. The lowest BCUT2D eigenvalue weighted by Gasteiger charge is -2.05. The molecule has 0 spiro atoms. The van der Waals surface area contributed by atoms with Crippen molar-refractivity contribution in [3.05, 3.63) is 54.7 Å². The van der Waals surface area contributed by atoms with Gasteiger partial charge in [-0.3, -0.25) is 0 Å². The van der Waals surface area contributed by atoms with Crippen molar-refractivity contribution in [3.63, 3.8) is 0 Å². The maximum Gasteiger partial charge on any atom is 0.134 e. The second kappa shape index (κ2) is 5.71. The number of para-hydroxylation sites is 1. The topological polar surface area (TPSA) is 17.8 Å². The van der Waals surface area contributed by atoms with Gasteiger partial charge in [-0.2, -0.15) is 0 Å². The van der Waals surface area contributed by atoms with E-state index in [4.69, 9.17) is 4.98 Å². The SMILES string of the molecule is CCCn1cccc1-c1ccc(-c2nc3ccccc3s2)s1. The van der Waals surface area contributed by atoms with Crippen LogP contribution >= 0.6 is 22.7 Å². The van der Waals surface area contributed by atoms with Crippen molar-refractivity contribution in [1.82, 2.24) is 9.55 Å². The smallest absolute Gasteiger partial charge is 0.134 e. The summed E-state index contributed by atoms with van der Waals surface area (Å²) in [6, 6.07) is 17.1. The van der Waals surface area contributed by atoms with Crippen LogP contribution in [0.3, 0.4) is 0 Å². The molecular formula is C18H16N2S2. The Bertz CT molecular complexity index is 881. The standard InChI is InChI=1S/C18H16N2S2/c1-2-11-20-12-5-7-14(20)16-9-10-17(21-16)18-19-13-6-3-4-8-15(13)22-18/h3-10,12H,2,11H2,1H3. The number of aromatic nitrogens is 2. The molecule has 4 heteroatoms. The number of rotatable bonds is 4. The van der Waals surface area contributed by atoms with Crippen LogP contribution < -0.4 is 0 Å². The van der Waals surface area contributed by atoms with Crippen LogP contribution in [-0.4, -0.2) is 9.55 Å². The molecule has 1 aromatic carbocycles. The highest BCUT2D eigenvalue weighted by atomic mass is 32.1. The van der Waals surface area contributed by atoms with Gasteiger partial charge in [-0.1, -0.05) is 19.1 Å². The predicted octanol–water partition coefficient (Wildman–Crippen LogP) is 5.90. The Morgan fingerprint density at radius 1 is 0.955 bits per heavy atom. The Morgan fingerprint density at radius 2 is 1.82 bits per heavy atom. The number of thiophene rings is 1. The minimum Gasteiger partial charge on any atom is -0.347 e. The average Bonchev–Trinajstić information content (AvgIpc) is 3.25. The van der Waals surface area contributed by atoms with Crippen molar-refractivity contribution in [2.24, 2.45) is 0 Å². The van der Waals surface area contributed by atoms with Crippen molar-refractivity contribution in [3.8, 4) is 20.5 Å². The van der Waals surface area contributed by atoms with Crippen LogP contribution in [-0.2, 0) is 6.54 Å². The zero-order valence-corrected chi connectivity index (χ0v) is 14.0. The minimum atomic E-state index is 1.07. The van der Waals surface area contributed by atoms with E-state index >= 15 is 0 Å². The summed E-state index contributed by atoms with van der Waals surface area (Å²) in [5.74, 6) is 0. The number of fused-ring (bicyclic) bond motifs is 1. The lowest BCUT2D eigenvalue weighted by molar-refractivity contribution is 0.690. The Kier molecular flexibility index (Phi) is 3.56. The summed E-state index contributed by atoms with van der Waals surface area (Å²) in [6.07, 6.45) is 3.31. The van der Waals surface area contributed by atoms with Crippen LogP contribution in [0.5, 0.6) is 0 Å². The fraction of sp³-hybridized carbons (Fsp3) is 0.167. The van der Waals surface area contributed by atoms with E-state index < -0.39 is 0 Å². The minimum absolute atomic E-state index is 1.07. The fourth-order valence-electron chi connectivity index (χ4n) is 2.64. The normalized spacial score (nSPS) is 11.3. The summed E-state index contributed by atoms with van der Waals surface area (Å²) >= 11 is 3.59. The molecular weight excluding hydrogens is 308 g/mol. The average molecular weight is 324 g/mol. The highest BCUT2D eigenvalue weighted by Gasteiger charge is 2.11. The first-order valence-electron chi connectivity index (χ1n) is 7.46. The van der Waals surface area contributed by atoms with Crippen molar-refractivity contribution in [1.29, 1.82) is 0 Å². The monoisotopic (exact) mass is 324 g/mol. The molecule has 0 bridgehead atoms. The van der Waals surface area contributed by atoms with Crippen LogP contribution in [0.4, 0.5) is 0 Å². The van der Waals surface area contributed by atoms with E-state index in [2.05, 4.69) is 60.2 Å². The Morgan fingerprint density at radius 3 is 2.68 bits per heavy atom. The summed E-state index contributed by atoms with van der Waals surface area (Å²) in [6.45, 7) is 3.28. The van der Waals surface area contributed by atoms with E-state index in [1.807, 2.05) is 17.4 Å². The van der Waals surface area contributed by atoms with Gasteiger partial charge in [-0.05, 0) is 42.8 Å². The first-order chi connectivity index (χ1) is 10.8. The van der Waals surface area contributed by atoms with Crippen LogP contribution in [0.1, 0.15) is 13.3 Å². The molecule has 110 valence electrons. The molecule has 0 N–H and O–H groups in total. The number of benzene rings is 1. The zero-order valence-electron chi connectivity index (χ0n) is 12.3. The van der Waals surface area contributed by atoms with Gasteiger partial charge in [-0.15, -0.1) is 22.7 Å². The maximum absolute atomic E-state index is 4.76. The van der Waals surface area contributed by atoms with E-state index in [0.717, 1.165) is 23.5 Å². The molecule has 0 aliphatic carbocycles. The first kappa shape index (κ1) is 13.7. The van der Waals surface area contributed by atoms with Gasteiger partial charge in [0.2, 0.25) is 0 Å². The van der Waals surface area contributed by atoms with Crippen LogP contribution in [0.25, 0.3) is 30.7 Å². The first-order valence-corrected chi connectivity index (χ1v) is 9.10. The number of thiazole rings is 1. The van der Waals surface area contributed by atoms with E-state index in [-0.39, 0.29) is 0 Å². The molecule has 3 heterocycles. The highest BCUT2D eigenvalue weighted by Crippen LogP contribution is 2.38. The predicted molar refractivity (Wildman–Crippen MR) is 96.7 cm³/mol. The molecule has 0 radical (unpaired) electrons. The summed E-state index contributed by atoms with van der Waals surface area (Å²) in [4.78, 5) is 7.32. The maximum atomic E-state index is 4.76. The summed E-state index contributed by atoms with van der Waals surface area (Å²) in [5.41, 5.74) is 2.39. The molecule has 0 aliphatic heterocycles. The Hall–Kier alpha value is -1.91. The van der Waals surface area contributed by atoms with Crippen molar-refractivity contribution >= 4 is 32.9 Å². The summed E-state index contributed by atoms with van der Waals surface area (Å²) in [5, 5.41) is 1.12. The molecule has 22 heavy (non-hydrogen) atoms. The molecule has 3 aromatic heterocycles. The van der Waals surface area contributed by atoms with Gasteiger partial charge >= 0.3 is 0 Å². The molecule has 0 unspecified atom stereocenters. The summed E-state index contributed by atoms with van der Waals surface area (Å²) < 4.78 is 3.58. The number of hydrogen-bond acceptors (Lipinski definition) is 3. The largest absolute Gasteiger partial charge is 0.347 e. The van der Waals surface area contributed by atoms with Gasteiger partial charge in [0, 0.05) is 12.7 Å². The zero-order chi connectivity index (χ0) is 14.9. The molecule has 0 saturated heterocycles. The van der Waals surface area contributed by atoms with Gasteiger partial charge in [0.1, 0.15) is 5.01 Å². The molecule has 0 amide bonds. The molecule has 0 saturated carbocycles. The Labute approximate surface area is 137 Å². The van der Waals surface area contributed by atoms with Crippen molar-refractivity contribution in [2.75, 3.05) is 0 Å². The Balaban J connectivity index is 1.73. The van der Waals surface area contributed by atoms with E-state index in [1.54, 1.807) is 11.3 Å². The van der Waals surface area contributed by atoms with Gasteiger partial charge < -0.3 is 4.57 Å². The van der Waals surface area contributed by atoms with E-state index in [9.17, 15) is 0 Å². The van der Waals surface area contributed by atoms with Gasteiger partial charge in [0.05, 0.1) is 25.7 Å². The third kappa shape index (κ3) is 2.38. The molecule has 2 nitrogen and oxygen atoms in total. The summed E-state index contributed by atoms with van der Waals surface area (Å²) in [7, 11) is 0. The van der Waals surface area contributed by atoms with Gasteiger partial charge in [0.25, 0.3) is 0 Å². The quantitative estimate of drug-likeness (QED) is 0.457. The number of hydrogen-bond donors (Lipinski definition) is 0. The van der Waals surface area contributed by atoms with Crippen LogP contribution in [0.15, 0.2) is 54.7 Å². The van der Waals surface area contributed by atoms with Gasteiger partial charge in [-0.25, -0.2) is 4.98 Å². The van der Waals surface area contributed by atoms with E-state index in [0.29, 0.717) is 0 Å². The lowest BCUT2D eigenvalue weighted by atomic mass is 10.3. The number of aryl methyl sites for hydroxylation is 1. The molecule has 4 aromatic rings. The fourth-order valence-corrected chi connectivity index (χ4v) is 4.71. The molecule has 4 rings (SSSR count). The van der Waals surface area contributed by atoms with E-state index in [1.165, 1.54) is 20.1 Å². The lowest BCUT2D eigenvalue weighted by Crippen LogP contribution is -1.95. The highest BCUT2D eigenvalue weighted by molar-refractivity contribution is 7.26. The molecule has 0 fully saturated rings. The van der Waals surface area contributed by atoms with Crippen molar-refractivity contribution in [2.45, 2.75) is 19.9 Å². The second-order valence-electron chi connectivity index (χ2n) is 5.24. The third-order valence-electron chi connectivity index (χ3n) is 3.66. The second-order valence-corrected chi connectivity index (χ2v) is 7.35. The third-order valence-corrected chi connectivity index (χ3v) is 5.97. The van der Waals surface area contributed by atoms with Gasteiger partial charge in [0.15, 0.2) is 0 Å².